The van der Waals surface area contributed by atoms with Gasteiger partial charge in [0, 0.05) is 18.0 Å². The third kappa shape index (κ3) is 3.42. The average Bonchev–Trinajstić information content (AvgIpc) is 3.15. The third-order valence-electron chi connectivity index (χ3n) is 5.29. The number of hydrogen-bond acceptors (Lipinski definition) is 3. The van der Waals surface area contributed by atoms with Crippen LogP contribution in [0.2, 0.25) is 0 Å². The van der Waals surface area contributed by atoms with Crippen LogP contribution in [0.15, 0.2) is 91.3 Å². The summed E-state index contributed by atoms with van der Waals surface area (Å²) in [5.41, 5.74) is 3.78. The molecular formula is C25H20N4O. The number of para-hydroxylation sites is 2. The van der Waals surface area contributed by atoms with Crippen LogP contribution in [-0.2, 0) is 13.1 Å². The number of fused-ring (bicyclic) bond motifs is 2. The van der Waals surface area contributed by atoms with Crippen molar-refractivity contribution in [3.63, 3.8) is 0 Å². The molecule has 2 heterocycles. The van der Waals surface area contributed by atoms with Crippen molar-refractivity contribution in [1.82, 2.24) is 19.9 Å². The fourth-order valence-corrected chi connectivity index (χ4v) is 3.80. The summed E-state index contributed by atoms with van der Waals surface area (Å²) >= 11 is 0. The number of pyridine rings is 1. The first-order valence-electron chi connectivity index (χ1n) is 9.88. The second-order valence-electron chi connectivity index (χ2n) is 7.16. The Kier molecular flexibility index (Phi) is 4.69. The summed E-state index contributed by atoms with van der Waals surface area (Å²) in [6.07, 6.45) is 3.23. The minimum atomic E-state index is -0.138. The highest BCUT2D eigenvalue weighted by molar-refractivity contribution is 5.94. The van der Waals surface area contributed by atoms with Crippen LogP contribution in [-0.4, -0.2) is 20.4 Å². The van der Waals surface area contributed by atoms with E-state index in [1.54, 1.807) is 24.5 Å². The van der Waals surface area contributed by atoms with E-state index < -0.39 is 0 Å². The molecule has 1 amide bonds. The van der Waals surface area contributed by atoms with Crippen LogP contribution in [0.3, 0.4) is 0 Å². The summed E-state index contributed by atoms with van der Waals surface area (Å²) in [6.45, 7) is 1.03. The second-order valence-corrected chi connectivity index (χ2v) is 7.16. The van der Waals surface area contributed by atoms with Gasteiger partial charge in [-0.05, 0) is 40.6 Å². The number of amides is 1. The summed E-state index contributed by atoms with van der Waals surface area (Å²) in [4.78, 5) is 21.3. The molecule has 3 aromatic carbocycles. The molecule has 0 spiro atoms. The van der Waals surface area contributed by atoms with Crippen LogP contribution >= 0.6 is 0 Å². The topological polar surface area (TPSA) is 59.8 Å². The van der Waals surface area contributed by atoms with Crippen LogP contribution in [0, 0.1) is 0 Å². The molecular weight excluding hydrogens is 372 g/mol. The second kappa shape index (κ2) is 7.79. The smallest absolute Gasteiger partial charge is 0.251 e. The highest BCUT2D eigenvalue weighted by atomic mass is 16.1. The van der Waals surface area contributed by atoms with Gasteiger partial charge in [0.15, 0.2) is 0 Å². The number of carbonyl (C=O) groups is 1. The monoisotopic (exact) mass is 392 g/mol. The zero-order valence-corrected chi connectivity index (χ0v) is 16.3. The predicted octanol–water partition coefficient (Wildman–Crippen LogP) is 4.56. The first kappa shape index (κ1) is 18.1. The lowest BCUT2D eigenvalue weighted by atomic mass is 10.0. The van der Waals surface area contributed by atoms with Crippen molar-refractivity contribution in [2.24, 2.45) is 0 Å². The third-order valence-corrected chi connectivity index (χ3v) is 5.29. The molecule has 0 saturated carbocycles. The zero-order valence-electron chi connectivity index (χ0n) is 16.3. The van der Waals surface area contributed by atoms with Crippen LogP contribution in [0.5, 0.6) is 0 Å². The highest BCUT2D eigenvalue weighted by Gasteiger charge is 2.14. The lowest BCUT2D eigenvalue weighted by Gasteiger charge is -2.12. The summed E-state index contributed by atoms with van der Waals surface area (Å²) in [5.74, 6) is 0.688. The highest BCUT2D eigenvalue weighted by Crippen LogP contribution is 2.23. The van der Waals surface area contributed by atoms with E-state index in [2.05, 4.69) is 63.4 Å². The van der Waals surface area contributed by atoms with Gasteiger partial charge in [-0.15, -0.1) is 0 Å². The molecule has 2 aromatic heterocycles. The molecule has 1 N–H and O–H groups in total. The molecule has 0 unspecified atom stereocenters. The van der Waals surface area contributed by atoms with Gasteiger partial charge < -0.3 is 9.88 Å². The van der Waals surface area contributed by atoms with Crippen LogP contribution in [0.4, 0.5) is 0 Å². The molecule has 0 aliphatic heterocycles. The molecule has 0 fully saturated rings. The van der Waals surface area contributed by atoms with Crippen molar-refractivity contribution >= 4 is 27.7 Å². The Morgan fingerprint density at radius 1 is 0.867 bits per heavy atom. The maximum Gasteiger partial charge on any atom is 0.251 e. The SMILES string of the molecule is O=C(NCc1nc2ccccc2n1Cc1cccc2ccccc12)c1ccncc1. The lowest BCUT2D eigenvalue weighted by Crippen LogP contribution is -2.25. The maximum absolute atomic E-state index is 12.5. The average molecular weight is 392 g/mol. The Balaban J connectivity index is 1.50. The Morgan fingerprint density at radius 2 is 1.63 bits per heavy atom. The van der Waals surface area contributed by atoms with Crippen molar-refractivity contribution in [2.45, 2.75) is 13.1 Å². The van der Waals surface area contributed by atoms with E-state index in [4.69, 9.17) is 4.98 Å². The molecule has 0 atom stereocenters. The van der Waals surface area contributed by atoms with Gasteiger partial charge in [-0.1, -0.05) is 54.6 Å². The summed E-state index contributed by atoms with van der Waals surface area (Å²) < 4.78 is 2.18. The Morgan fingerprint density at radius 3 is 2.53 bits per heavy atom. The van der Waals surface area contributed by atoms with Crippen LogP contribution in [0.25, 0.3) is 21.8 Å². The van der Waals surface area contributed by atoms with Gasteiger partial charge in [0.05, 0.1) is 24.1 Å². The summed E-state index contributed by atoms with van der Waals surface area (Å²) in [7, 11) is 0. The maximum atomic E-state index is 12.5. The Bertz CT molecular complexity index is 1340. The van der Waals surface area contributed by atoms with E-state index in [9.17, 15) is 4.79 Å². The summed E-state index contributed by atoms with van der Waals surface area (Å²) in [6, 6.07) is 26.2. The van der Waals surface area contributed by atoms with Gasteiger partial charge in [0.1, 0.15) is 5.82 Å². The minimum absolute atomic E-state index is 0.138. The van der Waals surface area contributed by atoms with Crippen molar-refractivity contribution in [3.05, 3.63) is 108 Å². The van der Waals surface area contributed by atoms with E-state index in [1.807, 2.05) is 18.2 Å². The minimum Gasteiger partial charge on any atom is -0.345 e. The van der Waals surface area contributed by atoms with Gasteiger partial charge in [0.2, 0.25) is 0 Å². The standard InChI is InChI=1S/C25H20N4O/c30-25(19-12-14-26-15-13-19)27-16-24-28-22-10-3-4-11-23(22)29(24)17-20-8-5-7-18-6-1-2-9-21(18)20/h1-15H,16-17H2,(H,27,30). The zero-order chi connectivity index (χ0) is 20.3. The van der Waals surface area contributed by atoms with Gasteiger partial charge in [0.25, 0.3) is 5.91 Å². The number of nitrogens with one attached hydrogen (secondary N) is 1. The normalized spacial score (nSPS) is 11.1. The van der Waals surface area contributed by atoms with E-state index in [-0.39, 0.29) is 5.91 Å². The van der Waals surface area contributed by atoms with E-state index in [1.165, 1.54) is 16.3 Å². The number of carbonyl (C=O) groups excluding carboxylic acids is 1. The number of imidazole rings is 1. The van der Waals surface area contributed by atoms with Crippen molar-refractivity contribution < 1.29 is 4.79 Å². The lowest BCUT2D eigenvalue weighted by molar-refractivity contribution is 0.0949. The quantitative estimate of drug-likeness (QED) is 0.477. The Labute approximate surface area is 174 Å². The van der Waals surface area contributed by atoms with E-state index in [0.717, 1.165) is 16.9 Å². The fourth-order valence-electron chi connectivity index (χ4n) is 3.80. The van der Waals surface area contributed by atoms with Gasteiger partial charge >= 0.3 is 0 Å². The molecule has 5 rings (SSSR count). The van der Waals surface area contributed by atoms with Gasteiger partial charge in [-0.3, -0.25) is 9.78 Å². The van der Waals surface area contributed by atoms with Gasteiger partial charge in [-0.2, -0.15) is 0 Å². The predicted molar refractivity (Wildman–Crippen MR) is 118 cm³/mol. The molecule has 0 radical (unpaired) electrons. The molecule has 0 bridgehead atoms. The largest absolute Gasteiger partial charge is 0.345 e. The Hall–Kier alpha value is -3.99. The van der Waals surface area contributed by atoms with E-state index in [0.29, 0.717) is 18.7 Å². The fraction of sp³-hybridized carbons (Fsp3) is 0.0800. The van der Waals surface area contributed by atoms with Crippen molar-refractivity contribution in [3.8, 4) is 0 Å². The van der Waals surface area contributed by atoms with Crippen LogP contribution < -0.4 is 5.32 Å². The number of aromatic nitrogens is 3. The molecule has 146 valence electrons. The molecule has 30 heavy (non-hydrogen) atoms. The first-order chi connectivity index (χ1) is 14.8. The summed E-state index contributed by atoms with van der Waals surface area (Å²) in [5, 5.41) is 5.43. The van der Waals surface area contributed by atoms with Crippen LogP contribution in [0.1, 0.15) is 21.7 Å². The molecule has 0 saturated heterocycles. The molecule has 5 nitrogen and oxygen atoms in total. The number of benzene rings is 3. The van der Waals surface area contributed by atoms with E-state index >= 15 is 0 Å². The molecule has 0 aliphatic carbocycles. The molecule has 5 heteroatoms. The number of rotatable bonds is 5. The molecule has 0 aliphatic rings. The van der Waals surface area contributed by atoms with Crippen molar-refractivity contribution in [2.75, 3.05) is 0 Å². The van der Waals surface area contributed by atoms with Crippen molar-refractivity contribution in [1.29, 1.82) is 0 Å². The number of nitrogens with zero attached hydrogens (tertiary/aromatic N) is 3. The molecule has 5 aromatic rings. The first-order valence-corrected chi connectivity index (χ1v) is 9.88. The van der Waals surface area contributed by atoms with Gasteiger partial charge in [-0.25, -0.2) is 4.98 Å². The number of hydrogen-bond donors (Lipinski definition) is 1.